The molecule has 38 heavy (non-hydrogen) atoms. The molecule has 2 aromatic carbocycles. The minimum Gasteiger partial charge on any atom is -0.507 e. The molecular formula is C31H40N2O5. The molecule has 204 valence electrons. The Morgan fingerprint density at radius 2 is 1.74 bits per heavy atom. The van der Waals surface area contributed by atoms with Crippen LogP contribution >= 0.6 is 0 Å². The van der Waals surface area contributed by atoms with Gasteiger partial charge in [0, 0.05) is 18.7 Å². The quantitative estimate of drug-likeness (QED) is 0.166. The summed E-state index contributed by atoms with van der Waals surface area (Å²) < 4.78 is 11.4. The minimum absolute atomic E-state index is 0.0910. The Labute approximate surface area is 226 Å². The Morgan fingerprint density at radius 1 is 1.08 bits per heavy atom. The van der Waals surface area contributed by atoms with Crippen LogP contribution in [0.25, 0.3) is 5.76 Å². The minimum atomic E-state index is -0.713. The number of hydrogen-bond donors (Lipinski definition) is 1. The van der Waals surface area contributed by atoms with Crippen molar-refractivity contribution in [3.05, 3.63) is 77.4 Å². The number of carbonyl (C=O) groups excluding carboxylic acids is 2. The monoisotopic (exact) mass is 520 g/mol. The summed E-state index contributed by atoms with van der Waals surface area (Å²) in [5, 5.41) is 11.5. The highest BCUT2D eigenvalue weighted by molar-refractivity contribution is 6.46. The van der Waals surface area contributed by atoms with E-state index >= 15 is 0 Å². The molecule has 0 radical (unpaired) electrons. The number of carbonyl (C=O) groups is 2. The summed E-state index contributed by atoms with van der Waals surface area (Å²) in [6.45, 7) is 17.4. The van der Waals surface area contributed by atoms with Crippen LogP contribution in [0.3, 0.4) is 0 Å². The van der Waals surface area contributed by atoms with Gasteiger partial charge in [0.25, 0.3) is 11.7 Å². The Morgan fingerprint density at radius 3 is 2.32 bits per heavy atom. The van der Waals surface area contributed by atoms with Gasteiger partial charge in [0.2, 0.25) is 0 Å². The number of amides is 1. The number of aryl methyl sites for hydroxylation is 1. The number of hydrogen-bond acceptors (Lipinski definition) is 6. The topological polar surface area (TPSA) is 79.3 Å². The number of Topliss-reactive ketones (excluding diaryl/α,β-unsaturated/α-hetero) is 1. The number of nitrogens with zero attached hydrogens (tertiary/aromatic N) is 2. The second-order valence-corrected chi connectivity index (χ2v) is 9.87. The average Bonchev–Trinajstić information content (AvgIpc) is 3.16. The first-order valence-electron chi connectivity index (χ1n) is 13.3. The van der Waals surface area contributed by atoms with Crippen LogP contribution in [0.2, 0.25) is 0 Å². The van der Waals surface area contributed by atoms with E-state index in [1.165, 1.54) is 0 Å². The molecule has 0 aromatic heterocycles. The number of benzene rings is 2. The van der Waals surface area contributed by atoms with Crippen molar-refractivity contribution in [1.29, 1.82) is 0 Å². The standard InChI is InChI=1S/C31H40N2O5/c1-7-18-37-24-12-10-23(11-13-24)28-27(30(35)31(36)33(28)17-16-32(8-2)9-3)29(34)26-15-14-25(19-22(26)6)38-20-21(4)5/h7,10-15,19,21,28,34H,1,8-9,16-18,20H2,2-6H3. The highest BCUT2D eigenvalue weighted by atomic mass is 16.5. The van der Waals surface area contributed by atoms with Gasteiger partial charge in [-0.3, -0.25) is 9.59 Å². The molecule has 7 nitrogen and oxygen atoms in total. The maximum Gasteiger partial charge on any atom is 0.295 e. The van der Waals surface area contributed by atoms with E-state index in [1.54, 1.807) is 35.2 Å². The second-order valence-electron chi connectivity index (χ2n) is 9.87. The van der Waals surface area contributed by atoms with Crippen LogP contribution in [0.15, 0.2) is 60.7 Å². The van der Waals surface area contributed by atoms with E-state index in [-0.39, 0.29) is 11.3 Å². The lowest BCUT2D eigenvalue weighted by Gasteiger charge is -2.28. The lowest BCUT2D eigenvalue weighted by atomic mass is 9.94. The lowest BCUT2D eigenvalue weighted by molar-refractivity contribution is -0.140. The molecule has 1 saturated heterocycles. The predicted molar refractivity (Wildman–Crippen MR) is 150 cm³/mol. The Hall–Kier alpha value is -3.58. The van der Waals surface area contributed by atoms with Crippen molar-refractivity contribution < 1.29 is 24.2 Å². The lowest BCUT2D eigenvalue weighted by Crippen LogP contribution is -2.38. The highest BCUT2D eigenvalue weighted by Gasteiger charge is 2.46. The molecule has 1 N–H and O–H groups in total. The fourth-order valence-corrected chi connectivity index (χ4v) is 4.55. The van der Waals surface area contributed by atoms with Crippen LogP contribution in [0.1, 0.15) is 50.4 Å². The van der Waals surface area contributed by atoms with Crippen molar-refractivity contribution in [2.45, 2.75) is 40.7 Å². The smallest absolute Gasteiger partial charge is 0.295 e. The van der Waals surface area contributed by atoms with Gasteiger partial charge in [-0.2, -0.15) is 0 Å². The summed E-state index contributed by atoms with van der Waals surface area (Å²) in [5.41, 5.74) is 2.07. The normalized spacial score (nSPS) is 16.9. The van der Waals surface area contributed by atoms with Crippen LogP contribution in [0, 0.1) is 12.8 Å². The Kier molecular flexibility index (Phi) is 10.1. The molecule has 0 bridgehead atoms. The summed E-state index contributed by atoms with van der Waals surface area (Å²) in [5.74, 6) is 0.257. The summed E-state index contributed by atoms with van der Waals surface area (Å²) in [6.07, 6.45) is 1.66. The SMILES string of the molecule is C=CCOc1ccc(C2C(=C(O)c3ccc(OCC(C)C)cc3C)C(=O)C(=O)N2CCN(CC)CC)cc1. The van der Waals surface area contributed by atoms with E-state index in [0.717, 1.165) is 24.2 Å². The van der Waals surface area contributed by atoms with Gasteiger partial charge in [-0.15, -0.1) is 0 Å². The highest BCUT2D eigenvalue weighted by Crippen LogP contribution is 2.40. The van der Waals surface area contributed by atoms with Crippen molar-refractivity contribution in [2.24, 2.45) is 5.92 Å². The van der Waals surface area contributed by atoms with Gasteiger partial charge in [-0.1, -0.05) is 52.5 Å². The summed E-state index contributed by atoms with van der Waals surface area (Å²) in [6, 6.07) is 11.9. The maximum atomic E-state index is 13.4. The second kappa shape index (κ2) is 13.3. The van der Waals surface area contributed by atoms with E-state index in [2.05, 4.69) is 39.2 Å². The van der Waals surface area contributed by atoms with E-state index in [1.807, 2.05) is 25.1 Å². The number of ether oxygens (including phenoxy) is 2. The molecule has 3 rings (SSSR count). The van der Waals surface area contributed by atoms with Crippen molar-refractivity contribution in [2.75, 3.05) is 39.4 Å². The molecule has 1 heterocycles. The molecule has 1 amide bonds. The number of rotatable bonds is 13. The molecule has 0 aliphatic carbocycles. The van der Waals surface area contributed by atoms with Crippen LogP contribution in [-0.4, -0.2) is 66.0 Å². The van der Waals surface area contributed by atoms with Gasteiger partial charge in [0.1, 0.15) is 23.9 Å². The van der Waals surface area contributed by atoms with Crippen molar-refractivity contribution in [3.63, 3.8) is 0 Å². The van der Waals surface area contributed by atoms with Gasteiger partial charge in [0.05, 0.1) is 18.2 Å². The number of likely N-dealkylation sites (N-methyl/N-ethyl adjacent to an activating group) is 1. The van der Waals surface area contributed by atoms with E-state index in [0.29, 0.717) is 49.3 Å². The average molecular weight is 521 g/mol. The zero-order valence-corrected chi connectivity index (χ0v) is 23.2. The molecular weight excluding hydrogens is 480 g/mol. The maximum absolute atomic E-state index is 13.4. The Bertz CT molecular complexity index is 1170. The fourth-order valence-electron chi connectivity index (χ4n) is 4.55. The first-order valence-corrected chi connectivity index (χ1v) is 13.3. The van der Waals surface area contributed by atoms with Crippen LogP contribution in [-0.2, 0) is 9.59 Å². The number of likely N-dealkylation sites (tertiary alicyclic amines) is 1. The third kappa shape index (κ3) is 6.64. The third-order valence-electron chi connectivity index (χ3n) is 6.69. The zero-order valence-electron chi connectivity index (χ0n) is 23.2. The van der Waals surface area contributed by atoms with Crippen LogP contribution < -0.4 is 9.47 Å². The Balaban J connectivity index is 2.05. The van der Waals surface area contributed by atoms with Crippen LogP contribution in [0.4, 0.5) is 0 Å². The third-order valence-corrected chi connectivity index (χ3v) is 6.69. The van der Waals surface area contributed by atoms with E-state index < -0.39 is 17.7 Å². The molecule has 1 aliphatic rings. The van der Waals surface area contributed by atoms with Gasteiger partial charge in [-0.25, -0.2) is 0 Å². The van der Waals surface area contributed by atoms with E-state index in [9.17, 15) is 14.7 Å². The molecule has 0 saturated carbocycles. The molecule has 7 heteroatoms. The first-order chi connectivity index (χ1) is 18.2. The molecule has 1 atom stereocenters. The zero-order chi connectivity index (χ0) is 27.8. The fraction of sp³-hybridized carbons (Fsp3) is 0.419. The van der Waals surface area contributed by atoms with E-state index in [4.69, 9.17) is 9.47 Å². The largest absolute Gasteiger partial charge is 0.507 e. The first kappa shape index (κ1) is 29.0. The molecule has 1 aliphatic heterocycles. The van der Waals surface area contributed by atoms with Crippen molar-refractivity contribution in [1.82, 2.24) is 9.80 Å². The van der Waals surface area contributed by atoms with Gasteiger partial charge in [0.15, 0.2) is 0 Å². The van der Waals surface area contributed by atoms with Gasteiger partial charge >= 0.3 is 0 Å². The molecule has 1 fully saturated rings. The van der Waals surface area contributed by atoms with Crippen LogP contribution in [0.5, 0.6) is 11.5 Å². The molecule has 2 aromatic rings. The summed E-state index contributed by atoms with van der Waals surface area (Å²) in [7, 11) is 0. The predicted octanol–water partition coefficient (Wildman–Crippen LogP) is 5.36. The van der Waals surface area contributed by atoms with Gasteiger partial charge in [-0.05, 0) is 67.4 Å². The van der Waals surface area contributed by atoms with Crippen molar-refractivity contribution >= 4 is 17.4 Å². The number of aliphatic hydroxyl groups is 1. The number of ketones is 1. The summed E-state index contributed by atoms with van der Waals surface area (Å²) in [4.78, 5) is 30.4. The molecule has 0 spiro atoms. The van der Waals surface area contributed by atoms with Gasteiger partial charge < -0.3 is 24.4 Å². The van der Waals surface area contributed by atoms with Crippen molar-refractivity contribution in [3.8, 4) is 11.5 Å². The summed E-state index contributed by atoms with van der Waals surface area (Å²) >= 11 is 0. The number of aliphatic hydroxyl groups excluding tert-OH is 1. The molecule has 1 unspecified atom stereocenters.